The zero-order valence-corrected chi connectivity index (χ0v) is 11.6. The van der Waals surface area contributed by atoms with E-state index >= 15 is 0 Å². The van der Waals surface area contributed by atoms with Gasteiger partial charge in [0.25, 0.3) is 0 Å². The molecular formula is C13H22N2O3. The lowest BCUT2D eigenvalue weighted by molar-refractivity contribution is 0.147. The minimum atomic E-state index is -0.407. The van der Waals surface area contributed by atoms with Crippen LogP contribution >= 0.6 is 0 Å². The molecule has 0 fully saturated rings. The molecule has 2 N–H and O–H groups in total. The first-order chi connectivity index (χ1) is 8.39. The molecule has 0 saturated heterocycles. The summed E-state index contributed by atoms with van der Waals surface area (Å²) >= 11 is 0. The lowest BCUT2D eigenvalue weighted by Gasteiger charge is -2.24. The first-order valence-corrected chi connectivity index (χ1v) is 6.19. The van der Waals surface area contributed by atoms with E-state index in [1.54, 1.807) is 0 Å². The highest BCUT2D eigenvalue weighted by atomic mass is 16.5. The summed E-state index contributed by atoms with van der Waals surface area (Å²) < 4.78 is 5.33. The second-order valence-corrected chi connectivity index (χ2v) is 5.30. The zero-order chi connectivity index (χ0) is 13.8. The van der Waals surface area contributed by atoms with Gasteiger partial charge in [0, 0.05) is 18.7 Å². The van der Waals surface area contributed by atoms with Crippen LogP contribution in [0.5, 0.6) is 0 Å². The minimum absolute atomic E-state index is 0.291. The highest BCUT2D eigenvalue weighted by molar-refractivity contribution is 5.59. The van der Waals surface area contributed by atoms with Crippen molar-refractivity contribution in [1.82, 2.24) is 5.32 Å². The van der Waals surface area contributed by atoms with E-state index < -0.39 is 5.43 Å². The standard InChI is InChI=1S/C13H22N2O3/c1-13(2,3)9-10(12(17)11(9)16)15-6-8-18-7-5-14-4/h14-15H,5-8H2,1-4H3. The Labute approximate surface area is 107 Å². The number of hydrogen-bond acceptors (Lipinski definition) is 5. The first kappa shape index (κ1) is 14.9. The van der Waals surface area contributed by atoms with Gasteiger partial charge in [0.1, 0.15) is 0 Å². The van der Waals surface area contributed by atoms with Gasteiger partial charge in [0.2, 0.25) is 10.9 Å². The van der Waals surface area contributed by atoms with Gasteiger partial charge in [0.15, 0.2) is 0 Å². The Hall–Kier alpha value is -1.20. The molecule has 0 atom stereocenters. The Morgan fingerprint density at radius 2 is 1.67 bits per heavy atom. The molecule has 0 spiro atoms. The van der Waals surface area contributed by atoms with Crippen molar-refractivity contribution in [3.8, 4) is 0 Å². The quantitative estimate of drug-likeness (QED) is 0.538. The Kier molecular flexibility index (Phi) is 5.04. The molecule has 0 radical (unpaired) electrons. The van der Waals surface area contributed by atoms with Gasteiger partial charge in [-0.05, 0) is 12.5 Å². The van der Waals surface area contributed by atoms with Crippen LogP contribution in [0, 0.1) is 0 Å². The van der Waals surface area contributed by atoms with Crippen molar-refractivity contribution in [3.63, 3.8) is 0 Å². The SMILES string of the molecule is CNCCOCCNc1c(C(C)(C)C)c(=O)c1=O. The Balaban J connectivity index is 2.47. The number of anilines is 1. The van der Waals surface area contributed by atoms with Crippen LogP contribution in [-0.4, -0.2) is 33.4 Å². The van der Waals surface area contributed by atoms with Gasteiger partial charge in [0.05, 0.1) is 18.9 Å². The van der Waals surface area contributed by atoms with Crippen molar-refractivity contribution in [2.75, 3.05) is 38.7 Å². The third-order valence-corrected chi connectivity index (χ3v) is 2.70. The van der Waals surface area contributed by atoms with Gasteiger partial charge in [-0.3, -0.25) is 9.59 Å². The van der Waals surface area contributed by atoms with E-state index in [-0.39, 0.29) is 10.8 Å². The summed E-state index contributed by atoms with van der Waals surface area (Å²) in [5.74, 6) is 0. The van der Waals surface area contributed by atoms with E-state index in [0.29, 0.717) is 31.0 Å². The van der Waals surface area contributed by atoms with Crippen molar-refractivity contribution < 1.29 is 4.74 Å². The predicted molar refractivity (Wildman–Crippen MR) is 73.3 cm³/mol. The Bertz CT molecular complexity index is 453. The molecule has 0 aromatic heterocycles. The van der Waals surface area contributed by atoms with Gasteiger partial charge in [-0.2, -0.15) is 0 Å². The van der Waals surface area contributed by atoms with E-state index in [2.05, 4.69) is 10.6 Å². The molecule has 1 aromatic rings. The summed E-state index contributed by atoms with van der Waals surface area (Å²) in [5, 5.41) is 5.97. The average Bonchev–Trinajstić information content (AvgIpc) is 2.29. The largest absolute Gasteiger partial charge is 0.379 e. The summed E-state index contributed by atoms with van der Waals surface area (Å²) in [7, 11) is 1.86. The Morgan fingerprint density at radius 3 is 2.22 bits per heavy atom. The van der Waals surface area contributed by atoms with E-state index in [1.165, 1.54) is 0 Å². The topological polar surface area (TPSA) is 67.4 Å². The van der Waals surface area contributed by atoms with E-state index in [1.807, 2.05) is 27.8 Å². The maximum Gasteiger partial charge on any atom is 0.249 e. The van der Waals surface area contributed by atoms with Crippen LogP contribution in [0.25, 0.3) is 0 Å². The predicted octanol–water partition coefficient (Wildman–Crippen LogP) is 0.228. The molecular weight excluding hydrogens is 232 g/mol. The summed E-state index contributed by atoms with van der Waals surface area (Å²) in [4.78, 5) is 23.0. The van der Waals surface area contributed by atoms with E-state index in [4.69, 9.17) is 4.74 Å². The summed E-state index contributed by atoms with van der Waals surface area (Å²) in [6.45, 7) is 8.28. The summed E-state index contributed by atoms with van der Waals surface area (Å²) in [6, 6.07) is 0. The van der Waals surface area contributed by atoms with Crippen LogP contribution in [0.3, 0.4) is 0 Å². The summed E-state index contributed by atoms with van der Waals surface area (Å²) in [6.07, 6.45) is 0. The first-order valence-electron chi connectivity index (χ1n) is 6.19. The third-order valence-electron chi connectivity index (χ3n) is 2.70. The number of likely N-dealkylation sites (N-methyl/N-ethyl adjacent to an activating group) is 1. The van der Waals surface area contributed by atoms with Crippen LogP contribution in [0.2, 0.25) is 0 Å². The molecule has 0 heterocycles. The average molecular weight is 254 g/mol. The highest BCUT2D eigenvalue weighted by Gasteiger charge is 2.29. The molecule has 5 heteroatoms. The second kappa shape index (κ2) is 6.11. The fraction of sp³-hybridized carbons (Fsp3) is 0.692. The van der Waals surface area contributed by atoms with E-state index in [0.717, 1.165) is 6.54 Å². The van der Waals surface area contributed by atoms with Crippen molar-refractivity contribution in [3.05, 3.63) is 26.0 Å². The van der Waals surface area contributed by atoms with Crippen LogP contribution in [0.15, 0.2) is 9.59 Å². The number of hydrogen-bond donors (Lipinski definition) is 2. The van der Waals surface area contributed by atoms with Crippen LogP contribution in [-0.2, 0) is 10.2 Å². The molecule has 18 heavy (non-hydrogen) atoms. The van der Waals surface area contributed by atoms with Crippen LogP contribution in [0.4, 0.5) is 5.69 Å². The molecule has 5 nitrogen and oxygen atoms in total. The maximum absolute atomic E-state index is 11.5. The number of rotatable bonds is 7. The third kappa shape index (κ3) is 3.40. The van der Waals surface area contributed by atoms with Crippen LogP contribution < -0.4 is 21.5 Å². The molecule has 0 aliphatic heterocycles. The zero-order valence-electron chi connectivity index (χ0n) is 11.6. The van der Waals surface area contributed by atoms with Gasteiger partial charge in [-0.15, -0.1) is 0 Å². The smallest absolute Gasteiger partial charge is 0.249 e. The van der Waals surface area contributed by atoms with Gasteiger partial charge >= 0.3 is 0 Å². The van der Waals surface area contributed by atoms with Crippen LogP contribution in [0.1, 0.15) is 26.3 Å². The number of ether oxygens (including phenoxy) is 1. The second-order valence-electron chi connectivity index (χ2n) is 5.30. The molecule has 0 saturated carbocycles. The molecule has 0 bridgehead atoms. The monoisotopic (exact) mass is 254 g/mol. The molecule has 0 aliphatic carbocycles. The van der Waals surface area contributed by atoms with Crippen molar-refractivity contribution in [1.29, 1.82) is 0 Å². The minimum Gasteiger partial charge on any atom is -0.379 e. The molecule has 0 unspecified atom stereocenters. The Morgan fingerprint density at radius 1 is 1.06 bits per heavy atom. The molecule has 1 rings (SSSR count). The van der Waals surface area contributed by atoms with Gasteiger partial charge in [-0.25, -0.2) is 0 Å². The van der Waals surface area contributed by atoms with Crippen molar-refractivity contribution in [2.45, 2.75) is 26.2 Å². The maximum atomic E-state index is 11.5. The fourth-order valence-electron chi connectivity index (χ4n) is 1.80. The van der Waals surface area contributed by atoms with Crippen molar-refractivity contribution in [2.24, 2.45) is 0 Å². The van der Waals surface area contributed by atoms with E-state index in [9.17, 15) is 9.59 Å². The lowest BCUT2D eigenvalue weighted by atomic mass is 9.82. The fourth-order valence-corrected chi connectivity index (χ4v) is 1.80. The molecule has 102 valence electrons. The summed E-state index contributed by atoms with van der Waals surface area (Å²) in [5.41, 5.74) is 0.00373. The lowest BCUT2D eigenvalue weighted by Crippen LogP contribution is -2.43. The molecule has 0 amide bonds. The molecule has 1 aromatic carbocycles. The van der Waals surface area contributed by atoms with Crippen molar-refractivity contribution >= 4 is 5.69 Å². The number of nitrogens with one attached hydrogen (secondary N) is 2. The van der Waals surface area contributed by atoms with Gasteiger partial charge < -0.3 is 15.4 Å². The highest BCUT2D eigenvalue weighted by Crippen LogP contribution is 2.25. The normalized spacial score (nSPS) is 12.0. The molecule has 0 aliphatic rings. The van der Waals surface area contributed by atoms with Gasteiger partial charge in [-0.1, -0.05) is 20.8 Å².